The van der Waals surface area contributed by atoms with Crippen LogP contribution in [-0.2, 0) is 9.59 Å². The van der Waals surface area contributed by atoms with Crippen molar-refractivity contribution in [1.82, 2.24) is 0 Å². The molecule has 0 unspecified atom stereocenters. The summed E-state index contributed by atoms with van der Waals surface area (Å²) in [5.41, 5.74) is 2.18. The van der Waals surface area contributed by atoms with Crippen LogP contribution in [-0.4, -0.2) is 17.7 Å². The fourth-order valence-corrected chi connectivity index (χ4v) is 6.68. The van der Waals surface area contributed by atoms with Crippen molar-refractivity contribution in [1.29, 1.82) is 0 Å². The summed E-state index contributed by atoms with van der Waals surface area (Å²) in [5.74, 6) is 1.67. The van der Waals surface area contributed by atoms with Crippen molar-refractivity contribution < 1.29 is 19.1 Å². The number of thioether (sulfide) groups is 1. The number of allylic oxidation sites excluding steroid dienone is 2. The molecule has 5 heteroatoms. The highest BCUT2D eigenvalue weighted by molar-refractivity contribution is 8.03. The van der Waals surface area contributed by atoms with Crippen LogP contribution in [0.2, 0.25) is 0 Å². The Hall–Kier alpha value is -2.53. The molecule has 28 heavy (non-hydrogen) atoms. The van der Waals surface area contributed by atoms with Gasteiger partial charge in [0.15, 0.2) is 0 Å². The van der Waals surface area contributed by atoms with Gasteiger partial charge in [0.2, 0.25) is 0 Å². The van der Waals surface area contributed by atoms with Gasteiger partial charge in [-0.05, 0) is 34.9 Å². The summed E-state index contributed by atoms with van der Waals surface area (Å²) in [7, 11) is 0. The molecule has 6 rings (SSSR count). The Morgan fingerprint density at radius 1 is 0.786 bits per heavy atom. The number of carbonyl (C=O) groups excluding carboxylic acids is 2. The molecule has 0 radical (unpaired) electrons. The van der Waals surface area contributed by atoms with E-state index >= 15 is 0 Å². The van der Waals surface area contributed by atoms with Gasteiger partial charge in [0.25, 0.3) is 0 Å². The Morgan fingerprint density at radius 3 is 2.21 bits per heavy atom. The van der Waals surface area contributed by atoms with Crippen LogP contribution in [0.15, 0.2) is 59.5 Å². The minimum atomic E-state index is -0.201. The summed E-state index contributed by atoms with van der Waals surface area (Å²) in [6, 6.07) is 15.6. The van der Waals surface area contributed by atoms with Crippen LogP contribution in [0.1, 0.15) is 29.4 Å². The molecular weight excluding hydrogens is 372 g/mol. The van der Waals surface area contributed by atoms with Crippen LogP contribution in [0, 0.1) is 17.8 Å². The van der Waals surface area contributed by atoms with E-state index in [2.05, 4.69) is 18.2 Å². The molecule has 0 aromatic heterocycles. The van der Waals surface area contributed by atoms with Gasteiger partial charge in [-0.3, -0.25) is 9.59 Å². The third-order valence-corrected chi connectivity index (χ3v) is 7.83. The fraction of sp³-hybridized carbons (Fsp3) is 0.304. The zero-order valence-electron chi connectivity index (χ0n) is 15.0. The number of hydrogen-bond donors (Lipinski definition) is 0. The van der Waals surface area contributed by atoms with Gasteiger partial charge >= 0.3 is 11.9 Å². The smallest absolute Gasteiger partial charge is 0.315 e. The molecule has 4 aliphatic rings. The number of para-hydroxylation sites is 2. The lowest BCUT2D eigenvalue weighted by atomic mass is 9.66. The van der Waals surface area contributed by atoms with E-state index in [1.54, 1.807) is 11.8 Å². The van der Waals surface area contributed by atoms with Crippen molar-refractivity contribution in [2.75, 3.05) is 5.75 Å². The molecule has 5 atom stereocenters. The molecule has 1 saturated heterocycles. The van der Waals surface area contributed by atoms with Gasteiger partial charge in [-0.1, -0.05) is 42.5 Å². The molecule has 0 saturated carbocycles. The summed E-state index contributed by atoms with van der Waals surface area (Å²) < 4.78 is 11.2. The van der Waals surface area contributed by atoms with Crippen LogP contribution in [0.4, 0.5) is 0 Å². The Bertz CT molecular complexity index is 1040. The van der Waals surface area contributed by atoms with E-state index in [1.165, 1.54) is 4.91 Å². The second-order valence-corrected chi connectivity index (χ2v) is 9.00. The first-order chi connectivity index (χ1) is 13.7. The van der Waals surface area contributed by atoms with Crippen molar-refractivity contribution >= 4 is 23.7 Å². The molecule has 4 nitrogen and oxygen atoms in total. The first-order valence-electron chi connectivity index (χ1n) is 9.66. The van der Waals surface area contributed by atoms with Crippen molar-refractivity contribution in [3.63, 3.8) is 0 Å². The molecule has 3 heterocycles. The normalized spacial score (nSPS) is 32.4. The Balaban J connectivity index is 1.47. The average molecular weight is 390 g/mol. The van der Waals surface area contributed by atoms with Crippen molar-refractivity contribution in [2.45, 2.75) is 18.3 Å². The van der Waals surface area contributed by atoms with Crippen LogP contribution >= 0.6 is 11.8 Å². The molecule has 2 aromatic rings. The predicted molar refractivity (Wildman–Crippen MR) is 105 cm³/mol. The minimum Gasteiger partial charge on any atom is -0.426 e. The lowest BCUT2D eigenvalue weighted by Gasteiger charge is -2.46. The van der Waals surface area contributed by atoms with E-state index < -0.39 is 0 Å². The van der Waals surface area contributed by atoms with E-state index in [4.69, 9.17) is 9.47 Å². The standard InChI is InChI=1S/C23H18O4S/c24-22-15-9-16-20(10-14(15)12-5-1-3-7-18(12)26-22)28-11-17-21(16)13-6-2-4-8-19(13)27-23(17)25/h1-8,10,14-17,21H,9,11H2/t14-,15+,16+,17-,21-/m1/s1. The maximum atomic E-state index is 12.8. The zero-order chi connectivity index (χ0) is 18.8. The van der Waals surface area contributed by atoms with E-state index in [9.17, 15) is 9.59 Å². The SMILES string of the molecule is O=C1Oc2ccccc2[C@H]2C=C3SC[C@H]4C(=O)Oc5ccccc5[C@@H]4[C@H]3C[C@H]12. The van der Waals surface area contributed by atoms with E-state index in [-0.39, 0.29) is 41.5 Å². The van der Waals surface area contributed by atoms with Crippen LogP contribution in [0.3, 0.4) is 0 Å². The van der Waals surface area contributed by atoms with Gasteiger partial charge in [0.05, 0.1) is 11.8 Å². The number of ether oxygens (including phenoxy) is 2. The molecule has 1 aliphatic carbocycles. The van der Waals surface area contributed by atoms with Crippen molar-refractivity contribution in [3.8, 4) is 11.5 Å². The second kappa shape index (κ2) is 5.98. The number of hydrogen-bond acceptors (Lipinski definition) is 5. The Kier molecular flexibility index (Phi) is 3.51. The third kappa shape index (κ3) is 2.26. The molecule has 0 spiro atoms. The Labute approximate surface area is 166 Å². The van der Waals surface area contributed by atoms with Gasteiger partial charge in [0, 0.05) is 23.2 Å². The highest BCUT2D eigenvalue weighted by Gasteiger charge is 2.51. The van der Waals surface area contributed by atoms with Crippen LogP contribution in [0.25, 0.3) is 0 Å². The maximum Gasteiger partial charge on any atom is 0.315 e. The molecule has 0 amide bonds. The monoisotopic (exact) mass is 390 g/mol. The first kappa shape index (κ1) is 16.4. The first-order valence-corrected chi connectivity index (χ1v) is 10.6. The highest BCUT2D eigenvalue weighted by Crippen LogP contribution is 2.58. The molecule has 3 aliphatic heterocycles. The molecule has 140 valence electrons. The zero-order valence-corrected chi connectivity index (χ0v) is 15.9. The fourth-order valence-electron chi connectivity index (χ4n) is 5.27. The molecule has 0 bridgehead atoms. The average Bonchev–Trinajstić information content (AvgIpc) is 2.72. The van der Waals surface area contributed by atoms with Gasteiger partial charge in [-0.15, -0.1) is 11.8 Å². The molecule has 2 aromatic carbocycles. The number of esters is 2. The van der Waals surface area contributed by atoms with E-state index in [0.717, 1.165) is 16.9 Å². The largest absolute Gasteiger partial charge is 0.426 e. The van der Waals surface area contributed by atoms with Crippen LogP contribution < -0.4 is 9.47 Å². The van der Waals surface area contributed by atoms with Crippen molar-refractivity contribution in [3.05, 3.63) is 70.6 Å². The maximum absolute atomic E-state index is 12.8. The summed E-state index contributed by atoms with van der Waals surface area (Å²) in [5, 5.41) is 0. The van der Waals surface area contributed by atoms with E-state index in [1.807, 2.05) is 36.4 Å². The topological polar surface area (TPSA) is 52.6 Å². The minimum absolute atomic E-state index is 0.0542. The number of benzene rings is 2. The quantitative estimate of drug-likeness (QED) is 0.497. The Morgan fingerprint density at radius 2 is 1.43 bits per heavy atom. The summed E-state index contributed by atoms with van der Waals surface area (Å²) >= 11 is 1.75. The summed E-state index contributed by atoms with van der Waals surface area (Å²) in [6.07, 6.45) is 2.97. The lowest BCUT2D eigenvalue weighted by Crippen LogP contribution is -2.44. The highest BCUT2D eigenvalue weighted by atomic mass is 32.2. The third-order valence-electron chi connectivity index (χ3n) is 6.53. The summed E-state index contributed by atoms with van der Waals surface area (Å²) in [6.45, 7) is 0. The van der Waals surface area contributed by atoms with Crippen LogP contribution in [0.5, 0.6) is 11.5 Å². The molecular formula is C23H18O4S. The number of fused-ring (bicyclic) bond motifs is 8. The van der Waals surface area contributed by atoms with Gasteiger partial charge < -0.3 is 9.47 Å². The van der Waals surface area contributed by atoms with Crippen molar-refractivity contribution in [2.24, 2.45) is 17.8 Å². The van der Waals surface area contributed by atoms with Gasteiger partial charge in [-0.25, -0.2) is 0 Å². The van der Waals surface area contributed by atoms with E-state index in [0.29, 0.717) is 17.9 Å². The van der Waals surface area contributed by atoms with Gasteiger partial charge in [0.1, 0.15) is 11.5 Å². The lowest BCUT2D eigenvalue weighted by molar-refractivity contribution is -0.142. The summed E-state index contributed by atoms with van der Waals surface area (Å²) in [4.78, 5) is 26.7. The molecule has 1 fully saturated rings. The number of rotatable bonds is 0. The van der Waals surface area contributed by atoms with Gasteiger partial charge in [-0.2, -0.15) is 0 Å². The number of carbonyl (C=O) groups is 2. The molecule has 0 N–H and O–H groups in total. The predicted octanol–water partition coefficient (Wildman–Crippen LogP) is 4.28. The second-order valence-electron chi connectivity index (χ2n) is 7.90.